The molecule has 0 aliphatic carbocycles. The molecule has 0 spiro atoms. The zero-order valence-electron chi connectivity index (χ0n) is 17.6. The Labute approximate surface area is 179 Å². The number of carbonyl (C=O) groups is 1. The van der Waals surface area contributed by atoms with Crippen LogP contribution in [-0.2, 0) is 0 Å². The zero-order chi connectivity index (χ0) is 22.1. The number of methoxy groups -OCH3 is 2. The number of aryl methyl sites for hydroxylation is 2. The van der Waals surface area contributed by atoms with Crippen LogP contribution in [0.25, 0.3) is 22.6 Å². The van der Waals surface area contributed by atoms with Gasteiger partial charge in [-0.3, -0.25) is 4.79 Å². The maximum absolute atomic E-state index is 12.6. The van der Waals surface area contributed by atoms with Gasteiger partial charge in [0.25, 0.3) is 5.91 Å². The molecule has 1 aromatic heterocycles. The van der Waals surface area contributed by atoms with Crippen molar-refractivity contribution in [2.75, 3.05) is 19.5 Å². The van der Waals surface area contributed by atoms with Gasteiger partial charge in [0.1, 0.15) is 11.3 Å². The number of phenols is 1. The number of hydrogen-bond acceptors (Lipinski definition) is 6. The van der Waals surface area contributed by atoms with Crippen LogP contribution in [0.3, 0.4) is 0 Å². The van der Waals surface area contributed by atoms with Crippen molar-refractivity contribution in [2.24, 2.45) is 0 Å². The SMILES string of the molecule is COc1ccc(C(=O)Nc2ccc(-c3nc4cc(C)c(C)cc4o3)c(O)c2)cc1OC. The Morgan fingerprint density at radius 3 is 2.42 bits per heavy atom. The summed E-state index contributed by atoms with van der Waals surface area (Å²) in [6.07, 6.45) is 0. The number of carbonyl (C=O) groups excluding carboxylic acids is 1. The van der Waals surface area contributed by atoms with Crippen molar-refractivity contribution in [1.82, 2.24) is 4.98 Å². The summed E-state index contributed by atoms with van der Waals surface area (Å²) in [5.74, 6) is 0.904. The van der Waals surface area contributed by atoms with Gasteiger partial charge in [-0.25, -0.2) is 4.98 Å². The van der Waals surface area contributed by atoms with Gasteiger partial charge in [-0.1, -0.05) is 0 Å². The Balaban J connectivity index is 1.58. The van der Waals surface area contributed by atoms with Crippen molar-refractivity contribution in [2.45, 2.75) is 13.8 Å². The van der Waals surface area contributed by atoms with Crippen LogP contribution in [0.2, 0.25) is 0 Å². The van der Waals surface area contributed by atoms with E-state index in [1.165, 1.54) is 20.3 Å². The molecule has 7 heteroatoms. The molecule has 0 bridgehead atoms. The minimum atomic E-state index is -0.346. The number of aromatic nitrogens is 1. The number of phenolic OH excluding ortho intramolecular Hbond substituents is 1. The van der Waals surface area contributed by atoms with E-state index in [0.29, 0.717) is 39.8 Å². The fourth-order valence-electron chi connectivity index (χ4n) is 3.27. The van der Waals surface area contributed by atoms with E-state index < -0.39 is 0 Å². The van der Waals surface area contributed by atoms with Gasteiger partial charge in [0.15, 0.2) is 17.1 Å². The molecule has 158 valence electrons. The smallest absolute Gasteiger partial charge is 0.255 e. The molecule has 4 aromatic rings. The molecule has 0 fully saturated rings. The molecular weight excluding hydrogens is 396 g/mol. The number of ether oxygens (including phenoxy) is 2. The molecule has 0 aliphatic rings. The topological polar surface area (TPSA) is 93.8 Å². The van der Waals surface area contributed by atoms with Crippen LogP contribution < -0.4 is 14.8 Å². The molecule has 2 N–H and O–H groups in total. The Bertz CT molecular complexity index is 1250. The number of nitrogens with zero attached hydrogens (tertiary/aromatic N) is 1. The van der Waals surface area contributed by atoms with Gasteiger partial charge >= 0.3 is 0 Å². The standard InChI is InChI=1S/C24H22N2O5/c1-13-9-18-21(10-14(13)2)31-24(26-18)17-7-6-16(12-19(17)27)25-23(28)15-5-8-20(29-3)22(11-15)30-4/h5-12,27H,1-4H3,(H,25,28). The average molecular weight is 418 g/mol. The maximum Gasteiger partial charge on any atom is 0.255 e. The number of hydrogen-bond donors (Lipinski definition) is 2. The maximum atomic E-state index is 12.6. The third-order valence-corrected chi connectivity index (χ3v) is 5.14. The number of fused-ring (bicyclic) bond motifs is 1. The highest BCUT2D eigenvalue weighted by molar-refractivity contribution is 6.05. The monoisotopic (exact) mass is 418 g/mol. The van der Waals surface area contributed by atoms with Crippen LogP contribution >= 0.6 is 0 Å². The fourth-order valence-corrected chi connectivity index (χ4v) is 3.27. The molecule has 1 heterocycles. The van der Waals surface area contributed by atoms with Crippen molar-refractivity contribution in [3.8, 4) is 28.7 Å². The van der Waals surface area contributed by atoms with Crippen LogP contribution in [0, 0.1) is 13.8 Å². The molecule has 0 atom stereocenters. The first-order chi connectivity index (χ1) is 14.9. The summed E-state index contributed by atoms with van der Waals surface area (Å²) in [5, 5.41) is 13.3. The largest absolute Gasteiger partial charge is 0.507 e. The minimum Gasteiger partial charge on any atom is -0.507 e. The first-order valence-electron chi connectivity index (χ1n) is 9.64. The van der Waals surface area contributed by atoms with E-state index in [-0.39, 0.29) is 11.7 Å². The van der Waals surface area contributed by atoms with E-state index in [1.807, 2.05) is 26.0 Å². The Morgan fingerprint density at radius 2 is 1.71 bits per heavy atom. The molecule has 0 unspecified atom stereocenters. The van der Waals surface area contributed by atoms with E-state index in [1.54, 1.807) is 30.3 Å². The molecular formula is C24H22N2O5. The molecule has 0 saturated heterocycles. The van der Waals surface area contributed by atoms with E-state index in [4.69, 9.17) is 13.9 Å². The predicted molar refractivity (Wildman–Crippen MR) is 118 cm³/mol. The zero-order valence-corrected chi connectivity index (χ0v) is 17.6. The average Bonchev–Trinajstić information content (AvgIpc) is 3.15. The van der Waals surface area contributed by atoms with Crippen molar-refractivity contribution in [3.05, 3.63) is 65.2 Å². The molecule has 31 heavy (non-hydrogen) atoms. The van der Waals surface area contributed by atoms with Crippen molar-refractivity contribution in [1.29, 1.82) is 0 Å². The molecule has 7 nitrogen and oxygen atoms in total. The van der Waals surface area contributed by atoms with Crippen molar-refractivity contribution >= 4 is 22.7 Å². The van der Waals surface area contributed by atoms with E-state index >= 15 is 0 Å². The first kappa shape index (κ1) is 20.3. The highest BCUT2D eigenvalue weighted by Gasteiger charge is 2.16. The third kappa shape index (κ3) is 3.90. The summed E-state index contributed by atoms with van der Waals surface area (Å²) in [7, 11) is 3.03. The molecule has 0 radical (unpaired) electrons. The number of rotatable bonds is 5. The fraction of sp³-hybridized carbons (Fsp3) is 0.167. The normalized spacial score (nSPS) is 10.8. The highest BCUT2D eigenvalue weighted by Crippen LogP contribution is 2.34. The minimum absolute atomic E-state index is 0.0508. The molecule has 0 saturated carbocycles. The number of amides is 1. The summed E-state index contributed by atoms with van der Waals surface area (Å²) >= 11 is 0. The van der Waals surface area contributed by atoms with Gasteiger partial charge in [0, 0.05) is 17.3 Å². The Kier molecular flexibility index (Phi) is 5.25. The molecule has 3 aromatic carbocycles. The van der Waals surface area contributed by atoms with Gasteiger partial charge < -0.3 is 24.3 Å². The number of benzene rings is 3. The Hall–Kier alpha value is -4.00. The van der Waals surface area contributed by atoms with E-state index in [2.05, 4.69) is 10.3 Å². The Morgan fingerprint density at radius 1 is 0.968 bits per heavy atom. The lowest BCUT2D eigenvalue weighted by Crippen LogP contribution is -2.12. The number of oxazole rings is 1. The number of nitrogens with one attached hydrogen (secondary N) is 1. The summed E-state index contributed by atoms with van der Waals surface area (Å²) in [4.78, 5) is 17.1. The van der Waals surface area contributed by atoms with Gasteiger partial charge in [-0.2, -0.15) is 0 Å². The second-order valence-corrected chi connectivity index (χ2v) is 7.18. The summed E-state index contributed by atoms with van der Waals surface area (Å²) in [5.41, 5.74) is 4.87. The predicted octanol–water partition coefficient (Wildman–Crippen LogP) is 5.09. The molecule has 4 rings (SSSR count). The van der Waals surface area contributed by atoms with Crippen LogP contribution in [0.4, 0.5) is 5.69 Å². The number of aromatic hydroxyl groups is 1. The van der Waals surface area contributed by atoms with Gasteiger partial charge in [-0.15, -0.1) is 0 Å². The van der Waals surface area contributed by atoms with Crippen LogP contribution in [0.15, 0.2) is 52.9 Å². The van der Waals surface area contributed by atoms with E-state index in [0.717, 1.165) is 16.6 Å². The van der Waals surface area contributed by atoms with Crippen LogP contribution in [-0.4, -0.2) is 30.2 Å². The lowest BCUT2D eigenvalue weighted by Gasteiger charge is -2.10. The summed E-state index contributed by atoms with van der Waals surface area (Å²) in [6, 6.07) is 13.5. The number of anilines is 1. The van der Waals surface area contributed by atoms with E-state index in [9.17, 15) is 9.90 Å². The van der Waals surface area contributed by atoms with Crippen molar-refractivity contribution in [3.63, 3.8) is 0 Å². The second-order valence-electron chi connectivity index (χ2n) is 7.18. The van der Waals surface area contributed by atoms with Gasteiger partial charge in [0.2, 0.25) is 5.89 Å². The highest BCUT2D eigenvalue weighted by atomic mass is 16.5. The van der Waals surface area contributed by atoms with Crippen LogP contribution in [0.5, 0.6) is 17.2 Å². The lowest BCUT2D eigenvalue weighted by atomic mass is 10.1. The second kappa shape index (κ2) is 8.02. The third-order valence-electron chi connectivity index (χ3n) is 5.14. The lowest BCUT2D eigenvalue weighted by molar-refractivity contribution is 0.102. The van der Waals surface area contributed by atoms with Gasteiger partial charge in [0.05, 0.1) is 19.8 Å². The van der Waals surface area contributed by atoms with Gasteiger partial charge in [-0.05, 0) is 67.4 Å². The molecule has 1 amide bonds. The summed E-state index contributed by atoms with van der Waals surface area (Å²) in [6.45, 7) is 4.01. The molecule has 0 aliphatic heterocycles. The quantitative estimate of drug-likeness (QED) is 0.469. The summed E-state index contributed by atoms with van der Waals surface area (Å²) < 4.78 is 16.3. The first-order valence-corrected chi connectivity index (χ1v) is 9.64. The van der Waals surface area contributed by atoms with Crippen LogP contribution in [0.1, 0.15) is 21.5 Å². The van der Waals surface area contributed by atoms with Crippen molar-refractivity contribution < 1.29 is 23.8 Å².